The summed E-state index contributed by atoms with van der Waals surface area (Å²) in [6, 6.07) is 7.72. The summed E-state index contributed by atoms with van der Waals surface area (Å²) < 4.78 is 5.18. The fourth-order valence-electron chi connectivity index (χ4n) is 1.74. The Kier molecular flexibility index (Phi) is 3.00. The third-order valence-corrected chi connectivity index (χ3v) is 2.49. The van der Waals surface area contributed by atoms with Crippen LogP contribution in [-0.2, 0) is 0 Å². The highest BCUT2D eigenvalue weighted by Crippen LogP contribution is 2.26. The maximum absolute atomic E-state index is 5.97. The molecule has 0 aliphatic carbocycles. The number of ether oxygens (including phenoxy) is 1. The van der Waals surface area contributed by atoms with Crippen molar-refractivity contribution in [3.8, 4) is 5.75 Å². The van der Waals surface area contributed by atoms with Crippen LogP contribution in [0.15, 0.2) is 29.8 Å². The number of nitrogen functional groups attached to an aromatic ring is 1. The largest absolute Gasteiger partial charge is 0.497 e. The molecule has 1 heterocycles. The predicted octanol–water partition coefficient (Wildman–Crippen LogP) is 3.25. The Bertz CT molecular complexity index is 584. The molecule has 0 bridgehead atoms. The molecule has 0 fully saturated rings. The lowest BCUT2D eigenvalue weighted by molar-refractivity contribution is 0.415. The molecule has 3 nitrogen and oxygen atoms in total. The SMILES string of the molecule is COc1cc(N)c2nc(C=C(C)C)ccc2c1. The molecule has 88 valence electrons. The average Bonchev–Trinajstić information content (AvgIpc) is 2.29. The number of aromatic nitrogens is 1. The number of methoxy groups -OCH3 is 1. The van der Waals surface area contributed by atoms with Crippen LogP contribution in [0.3, 0.4) is 0 Å². The van der Waals surface area contributed by atoms with Crippen LogP contribution >= 0.6 is 0 Å². The molecule has 0 radical (unpaired) electrons. The minimum Gasteiger partial charge on any atom is -0.497 e. The van der Waals surface area contributed by atoms with E-state index in [4.69, 9.17) is 10.5 Å². The molecule has 2 rings (SSSR count). The second kappa shape index (κ2) is 4.45. The standard InChI is InChI=1S/C14H16N2O/c1-9(2)6-11-5-4-10-7-12(17-3)8-13(15)14(10)16-11/h4-8H,15H2,1-3H3. The first-order valence-electron chi connectivity index (χ1n) is 5.49. The van der Waals surface area contributed by atoms with E-state index in [0.717, 1.165) is 22.3 Å². The number of anilines is 1. The number of hydrogen-bond donors (Lipinski definition) is 1. The van der Waals surface area contributed by atoms with Gasteiger partial charge in [-0.1, -0.05) is 11.6 Å². The van der Waals surface area contributed by atoms with Gasteiger partial charge in [-0.2, -0.15) is 0 Å². The molecule has 1 aromatic heterocycles. The molecular weight excluding hydrogens is 212 g/mol. The van der Waals surface area contributed by atoms with Gasteiger partial charge in [-0.05, 0) is 32.1 Å². The van der Waals surface area contributed by atoms with Gasteiger partial charge in [0, 0.05) is 11.5 Å². The zero-order chi connectivity index (χ0) is 12.4. The van der Waals surface area contributed by atoms with Crippen molar-refractivity contribution in [1.82, 2.24) is 4.98 Å². The third-order valence-electron chi connectivity index (χ3n) is 2.49. The number of pyridine rings is 1. The highest BCUT2D eigenvalue weighted by Gasteiger charge is 2.03. The van der Waals surface area contributed by atoms with Crippen molar-refractivity contribution < 1.29 is 4.74 Å². The molecule has 0 saturated carbocycles. The number of benzene rings is 1. The van der Waals surface area contributed by atoms with Crippen LogP contribution in [0.2, 0.25) is 0 Å². The highest BCUT2D eigenvalue weighted by molar-refractivity contribution is 5.91. The first-order chi connectivity index (χ1) is 8.10. The topological polar surface area (TPSA) is 48.1 Å². The van der Waals surface area contributed by atoms with E-state index in [9.17, 15) is 0 Å². The third kappa shape index (κ3) is 2.38. The zero-order valence-corrected chi connectivity index (χ0v) is 10.3. The maximum atomic E-state index is 5.97. The van der Waals surface area contributed by atoms with E-state index >= 15 is 0 Å². The number of nitrogens with zero attached hydrogens (tertiary/aromatic N) is 1. The second-order valence-electron chi connectivity index (χ2n) is 4.25. The summed E-state index contributed by atoms with van der Waals surface area (Å²) in [5.74, 6) is 0.756. The van der Waals surface area contributed by atoms with Gasteiger partial charge in [0.2, 0.25) is 0 Å². The van der Waals surface area contributed by atoms with Crippen molar-refractivity contribution in [2.75, 3.05) is 12.8 Å². The van der Waals surface area contributed by atoms with Gasteiger partial charge in [-0.15, -0.1) is 0 Å². The van der Waals surface area contributed by atoms with Gasteiger partial charge in [0.25, 0.3) is 0 Å². The molecule has 1 aromatic carbocycles. The lowest BCUT2D eigenvalue weighted by Gasteiger charge is -2.06. The molecule has 17 heavy (non-hydrogen) atoms. The molecule has 0 atom stereocenters. The maximum Gasteiger partial charge on any atom is 0.121 e. The van der Waals surface area contributed by atoms with E-state index in [1.807, 2.05) is 38.1 Å². The van der Waals surface area contributed by atoms with Gasteiger partial charge in [0.1, 0.15) is 5.75 Å². The summed E-state index contributed by atoms with van der Waals surface area (Å²) in [5.41, 5.74) is 9.57. The van der Waals surface area contributed by atoms with Crippen molar-refractivity contribution >= 4 is 22.7 Å². The summed E-state index contributed by atoms with van der Waals surface area (Å²) in [6.07, 6.45) is 2.03. The predicted molar refractivity (Wildman–Crippen MR) is 72.0 cm³/mol. The average molecular weight is 228 g/mol. The Morgan fingerprint density at radius 1 is 1.29 bits per heavy atom. The van der Waals surface area contributed by atoms with Crippen LogP contribution in [0.25, 0.3) is 17.0 Å². The fourth-order valence-corrected chi connectivity index (χ4v) is 1.74. The van der Waals surface area contributed by atoms with E-state index in [2.05, 4.69) is 4.98 Å². The van der Waals surface area contributed by atoms with Crippen molar-refractivity contribution in [3.05, 3.63) is 35.5 Å². The molecule has 0 aliphatic heterocycles. The zero-order valence-electron chi connectivity index (χ0n) is 10.3. The van der Waals surface area contributed by atoms with Gasteiger partial charge in [0.05, 0.1) is 24.0 Å². The van der Waals surface area contributed by atoms with Crippen LogP contribution in [0.4, 0.5) is 5.69 Å². The fraction of sp³-hybridized carbons (Fsp3) is 0.214. The van der Waals surface area contributed by atoms with E-state index in [1.54, 1.807) is 13.2 Å². The summed E-state index contributed by atoms with van der Waals surface area (Å²) >= 11 is 0. The molecular formula is C14H16N2O. The van der Waals surface area contributed by atoms with Crippen LogP contribution in [0, 0.1) is 0 Å². The molecule has 2 aromatic rings. The first kappa shape index (κ1) is 11.5. The Morgan fingerprint density at radius 3 is 2.71 bits per heavy atom. The molecule has 0 saturated heterocycles. The summed E-state index contributed by atoms with van der Waals surface area (Å²) in [6.45, 7) is 4.09. The molecule has 0 unspecified atom stereocenters. The number of nitrogens with two attached hydrogens (primary N) is 1. The Hall–Kier alpha value is -2.03. The van der Waals surface area contributed by atoms with Gasteiger partial charge >= 0.3 is 0 Å². The Balaban J connectivity index is 2.62. The number of allylic oxidation sites excluding steroid dienone is 1. The van der Waals surface area contributed by atoms with Crippen LogP contribution in [0.1, 0.15) is 19.5 Å². The monoisotopic (exact) mass is 228 g/mol. The molecule has 0 aliphatic rings. The quantitative estimate of drug-likeness (QED) is 0.803. The summed E-state index contributed by atoms with van der Waals surface area (Å²) in [7, 11) is 1.63. The highest BCUT2D eigenvalue weighted by atomic mass is 16.5. The summed E-state index contributed by atoms with van der Waals surface area (Å²) in [4.78, 5) is 4.53. The van der Waals surface area contributed by atoms with Crippen molar-refractivity contribution in [3.63, 3.8) is 0 Å². The minimum atomic E-state index is 0.642. The second-order valence-corrected chi connectivity index (χ2v) is 4.25. The number of hydrogen-bond acceptors (Lipinski definition) is 3. The lowest BCUT2D eigenvalue weighted by Crippen LogP contribution is -1.93. The molecule has 3 heteroatoms. The minimum absolute atomic E-state index is 0.642. The normalized spacial score (nSPS) is 10.3. The summed E-state index contributed by atoms with van der Waals surface area (Å²) in [5, 5.41) is 0.993. The molecule has 2 N–H and O–H groups in total. The van der Waals surface area contributed by atoms with E-state index < -0.39 is 0 Å². The lowest BCUT2D eigenvalue weighted by atomic mass is 10.1. The van der Waals surface area contributed by atoms with Gasteiger partial charge in [0.15, 0.2) is 0 Å². The van der Waals surface area contributed by atoms with Crippen molar-refractivity contribution in [1.29, 1.82) is 0 Å². The van der Waals surface area contributed by atoms with E-state index in [0.29, 0.717) is 5.69 Å². The van der Waals surface area contributed by atoms with Crippen LogP contribution in [0.5, 0.6) is 5.75 Å². The first-order valence-corrected chi connectivity index (χ1v) is 5.49. The molecule has 0 amide bonds. The van der Waals surface area contributed by atoms with Gasteiger partial charge in [-0.25, -0.2) is 4.98 Å². The number of rotatable bonds is 2. The van der Waals surface area contributed by atoms with Crippen LogP contribution < -0.4 is 10.5 Å². The van der Waals surface area contributed by atoms with E-state index in [-0.39, 0.29) is 0 Å². The Morgan fingerprint density at radius 2 is 2.06 bits per heavy atom. The van der Waals surface area contributed by atoms with Crippen molar-refractivity contribution in [2.45, 2.75) is 13.8 Å². The van der Waals surface area contributed by atoms with Crippen LogP contribution in [-0.4, -0.2) is 12.1 Å². The van der Waals surface area contributed by atoms with Gasteiger partial charge in [-0.3, -0.25) is 0 Å². The molecule has 0 spiro atoms. The van der Waals surface area contributed by atoms with Gasteiger partial charge < -0.3 is 10.5 Å². The number of fused-ring (bicyclic) bond motifs is 1. The van der Waals surface area contributed by atoms with E-state index in [1.165, 1.54) is 5.57 Å². The Labute approximate surface area is 101 Å². The smallest absolute Gasteiger partial charge is 0.121 e. The van der Waals surface area contributed by atoms with Crippen molar-refractivity contribution in [2.24, 2.45) is 0 Å².